The van der Waals surface area contributed by atoms with Crippen LogP contribution < -0.4 is 14.2 Å². The fraction of sp³-hybridized carbons (Fsp3) is 0.519. The Morgan fingerprint density at radius 3 is 2.22 bits per heavy atom. The van der Waals surface area contributed by atoms with Crippen molar-refractivity contribution in [2.24, 2.45) is 11.3 Å². The Morgan fingerprint density at radius 2 is 1.66 bits per heavy atom. The highest BCUT2D eigenvalue weighted by Crippen LogP contribution is 2.42. The maximum atomic E-state index is 13.5. The zero-order chi connectivity index (χ0) is 23.5. The van der Waals surface area contributed by atoms with Gasteiger partial charge in [0.15, 0.2) is 11.5 Å². The van der Waals surface area contributed by atoms with Crippen molar-refractivity contribution in [2.75, 3.05) is 27.9 Å². The Labute approximate surface area is 192 Å². The minimum Gasteiger partial charge on any atom is -0.497 e. The Bertz CT molecular complexity index is 930. The van der Waals surface area contributed by atoms with E-state index in [1.807, 2.05) is 35.2 Å². The molecule has 0 spiro atoms. The van der Waals surface area contributed by atoms with Gasteiger partial charge in [0.1, 0.15) is 5.75 Å². The first-order chi connectivity index (χ1) is 15.2. The predicted octanol–water partition coefficient (Wildman–Crippen LogP) is 5.65. The quantitative estimate of drug-likeness (QED) is 0.559. The zero-order valence-electron chi connectivity index (χ0n) is 20.5. The van der Waals surface area contributed by atoms with Crippen LogP contribution >= 0.6 is 0 Å². The molecule has 0 fully saturated rings. The summed E-state index contributed by atoms with van der Waals surface area (Å²) in [6.45, 7) is 9.54. The summed E-state index contributed by atoms with van der Waals surface area (Å²) >= 11 is 0. The first-order valence-corrected chi connectivity index (χ1v) is 11.3. The monoisotopic (exact) mass is 439 g/mol. The predicted molar refractivity (Wildman–Crippen MR) is 128 cm³/mol. The molecule has 1 heterocycles. The summed E-state index contributed by atoms with van der Waals surface area (Å²) in [5, 5.41) is 0. The Morgan fingerprint density at radius 1 is 1.03 bits per heavy atom. The molecule has 0 N–H and O–H groups in total. The van der Waals surface area contributed by atoms with Gasteiger partial charge in [-0.3, -0.25) is 4.79 Å². The molecule has 174 valence electrons. The number of carbonyl (C=O) groups excluding carboxylic acids is 1. The van der Waals surface area contributed by atoms with Crippen molar-refractivity contribution in [3.63, 3.8) is 0 Å². The van der Waals surface area contributed by atoms with Gasteiger partial charge in [0.2, 0.25) is 5.91 Å². The molecule has 2 aromatic carbocycles. The van der Waals surface area contributed by atoms with Crippen LogP contribution in [0.15, 0.2) is 36.4 Å². The lowest BCUT2D eigenvalue weighted by Crippen LogP contribution is -2.41. The van der Waals surface area contributed by atoms with Crippen molar-refractivity contribution in [1.29, 1.82) is 0 Å². The molecular weight excluding hydrogens is 402 g/mol. The molecular formula is C27H37NO4. The summed E-state index contributed by atoms with van der Waals surface area (Å²) in [6, 6.07) is 11.9. The van der Waals surface area contributed by atoms with Crippen molar-refractivity contribution in [3.8, 4) is 17.2 Å². The summed E-state index contributed by atoms with van der Waals surface area (Å²) < 4.78 is 16.5. The highest BCUT2D eigenvalue weighted by molar-refractivity contribution is 5.78. The molecule has 2 unspecified atom stereocenters. The summed E-state index contributed by atoms with van der Waals surface area (Å²) in [4.78, 5) is 15.6. The molecule has 32 heavy (non-hydrogen) atoms. The van der Waals surface area contributed by atoms with Gasteiger partial charge in [0, 0.05) is 13.0 Å². The number of rotatable bonds is 7. The lowest BCUT2D eigenvalue weighted by atomic mass is 9.83. The van der Waals surface area contributed by atoms with Crippen molar-refractivity contribution in [1.82, 2.24) is 4.90 Å². The third-order valence-corrected chi connectivity index (χ3v) is 6.11. The summed E-state index contributed by atoms with van der Waals surface area (Å²) in [5.41, 5.74) is 3.55. The Balaban J connectivity index is 2.00. The van der Waals surface area contributed by atoms with E-state index in [0.717, 1.165) is 35.5 Å². The van der Waals surface area contributed by atoms with E-state index in [1.54, 1.807) is 21.3 Å². The summed E-state index contributed by atoms with van der Waals surface area (Å²) in [6.07, 6.45) is 2.36. The van der Waals surface area contributed by atoms with Gasteiger partial charge in [-0.05, 0) is 65.1 Å². The first kappa shape index (κ1) is 24.0. The topological polar surface area (TPSA) is 48.0 Å². The van der Waals surface area contributed by atoms with Crippen LogP contribution in [0, 0.1) is 11.3 Å². The third kappa shape index (κ3) is 5.37. The van der Waals surface area contributed by atoms with Crippen molar-refractivity contribution >= 4 is 5.91 Å². The van der Waals surface area contributed by atoms with E-state index in [1.165, 1.54) is 5.56 Å². The van der Waals surface area contributed by atoms with Gasteiger partial charge >= 0.3 is 0 Å². The maximum Gasteiger partial charge on any atom is 0.223 e. The van der Waals surface area contributed by atoms with Crippen LogP contribution in [0.3, 0.4) is 0 Å². The summed E-state index contributed by atoms with van der Waals surface area (Å²) in [5.74, 6) is 2.72. The van der Waals surface area contributed by atoms with Crippen molar-refractivity contribution in [2.45, 2.75) is 53.0 Å². The van der Waals surface area contributed by atoms with Gasteiger partial charge in [-0.15, -0.1) is 0 Å². The number of amides is 1. The molecule has 5 heteroatoms. The fourth-order valence-corrected chi connectivity index (χ4v) is 4.89. The van der Waals surface area contributed by atoms with Crippen LogP contribution in [-0.2, 0) is 11.2 Å². The zero-order valence-corrected chi connectivity index (χ0v) is 20.5. The molecule has 0 saturated heterocycles. The second kappa shape index (κ2) is 9.85. The van der Waals surface area contributed by atoms with Gasteiger partial charge in [0.25, 0.3) is 0 Å². The molecule has 0 aromatic heterocycles. The summed E-state index contributed by atoms with van der Waals surface area (Å²) in [7, 11) is 4.96. The molecule has 1 aliphatic heterocycles. The molecule has 0 saturated carbocycles. The van der Waals surface area contributed by atoms with E-state index in [0.29, 0.717) is 24.6 Å². The molecule has 0 radical (unpaired) electrons. The maximum absolute atomic E-state index is 13.5. The van der Waals surface area contributed by atoms with Gasteiger partial charge in [-0.2, -0.15) is 0 Å². The molecule has 5 nitrogen and oxygen atoms in total. The van der Waals surface area contributed by atoms with Gasteiger partial charge in [-0.1, -0.05) is 39.8 Å². The lowest BCUT2D eigenvalue weighted by Gasteiger charge is -2.39. The average molecular weight is 440 g/mol. The van der Waals surface area contributed by atoms with E-state index in [4.69, 9.17) is 14.2 Å². The number of hydrogen-bond donors (Lipinski definition) is 0. The second-order valence-corrected chi connectivity index (χ2v) is 9.99. The number of carbonyl (C=O) groups is 1. The number of hydrogen-bond acceptors (Lipinski definition) is 4. The van der Waals surface area contributed by atoms with Crippen LogP contribution in [0.5, 0.6) is 17.2 Å². The molecule has 0 aliphatic carbocycles. The number of fused-ring (bicyclic) bond motifs is 1. The minimum atomic E-state index is -0.168. The van der Waals surface area contributed by atoms with Gasteiger partial charge in [-0.25, -0.2) is 0 Å². The molecule has 2 atom stereocenters. The highest BCUT2D eigenvalue weighted by Gasteiger charge is 2.34. The van der Waals surface area contributed by atoms with E-state index < -0.39 is 0 Å². The Hall–Kier alpha value is -2.69. The molecule has 0 bridgehead atoms. The standard InChI is InChI=1S/C27H37NO4/c1-18(17-27(2,3)4)14-25(29)28-13-12-20-15-23(31-6)24(32-7)16-22(20)26(28)19-8-10-21(30-5)11-9-19/h8-11,15-16,18,26H,12-14,17H2,1-7H3. The van der Waals surface area contributed by atoms with Crippen LogP contribution in [0.25, 0.3) is 0 Å². The van der Waals surface area contributed by atoms with Crippen LogP contribution in [0.2, 0.25) is 0 Å². The van der Waals surface area contributed by atoms with Crippen LogP contribution in [0.1, 0.15) is 63.3 Å². The molecule has 3 rings (SSSR count). The third-order valence-electron chi connectivity index (χ3n) is 6.11. The van der Waals surface area contributed by atoms with E-state index in [-0.39, 0.29) is 17.4 Å². The number of benzene rings is 2. The number of ether oxygens (including phenoxy) is 3. The number of methoxy groups -OCH3 is 3. The molecule has 2 aromatic rings. The van der Waals surface area contributed by atoms with Crippen LogP contribution in [0.4, 0.5) is 0 Å². The van der Waals surface area contributed by atoms with E-state index in [2.05, 4.69) is 33.8 Å². The normalized spacial score (nSPS) is 16.8. The SMILES string of the molecule is COc1ccc(C2c3cc(OC)c(OC)cc3CCN2C(=O)CC(C)CC(C)(C)C)cc1. The number of nitrogens with zero attached hydrogens (tertiary/aromatic N) is 1. The highest BCUT2D eigenvalue weighted by atomic mass is 16.5. The fourth-order valence-electron chi connectivity index (χ4n) is 4.89. The second-order valence-electron chi connectivity index (χ2n) is 9.99. The Kier molecular flexibility index (Phi) is 7.37. The van der Waals surface area contributed by atoms with E-state index in [9.17, 15) is 4.79 Å². The molecule has 1 amide bonds. The lowest BCUT2D eigenvalue weighted by molar-refractivity contribution is -0.134. The minimum absolute atomic E-state index is 0.168. The molecule has 1 aliphatic rings. The average Bonchev–Trinajstić information content (AvgIpc) is 2.75. The smallest absolute Gasteiger partial charge is 0.223 e. The van der Waals surface area contributed by atoms with Gasteiger partial charge in [0.05, 0.1) is 27.4 Å². The van der Waals surface area contributed by atoms with Crippen LogP contribution in [-0.4, -0.2) is 38.7 Å². The van der Waals surface area contributed by atoms with Gasteiger partial charge < -0.3 is 19.1 Å². The first-order valence-electron chi connectivity index (χ1n) is 11.3. The van der Waals surface area contributed by atoms with E-state index >= 15 is 0 Å². The van der Waals surface area contributed by atoms with Crippen molar-refractivity contribution < 1.29 is 19.0 Å². The largest absolute Gasteiger partial charge is 0.497 e. The van der Waals surface area contributed by atoms with Crippen molar-refractivity contribution in [3.05, 3.63) is 53.1 Å².